The van der Waals surface area contributed by atoms with Crippen LogP contribution in [0.2, 0.25) is 0 Å². The van der Waals surface area contributed by atoms with E-state index in [1.54, 1.807) is 6.92 Å². The summed E-state index contributed by atoms with van der Waals surface area (Å²) in [5.74, 6) is -2.74. The van der Waals surface area contributed by atoms with Crippen LogP contribution < -0.4 is 5.32 Å². The third-order valence-corrected chi connectivity index (χ3v) is 3.78. The fourth-order valence-corrected chi connectivity index (χ4v) is 2.64. The molecule has 1 aromatic rings. The highest BCUT2D eigenvalue weighted by Crippen LogP contribution is 2.41. The largest absolute Gasteiger partial charge is 0.494 e. The Kier molecular flexibility index (Phi) is 5.38. The lowest BCUT2D eigenvalue weighted by Gasteiger charge is -2.34. The topological polar surface area (TPSA) is 39.1 Å². The van der Waals surface area contributed by atoms with Crippen molar-refractivity contribution in [2.75, 3.05) is 18.6 Å². The molecule has 1 N–H and O–H groups in total. The van der Waals surface area contributed by atoms with E-state index in [1.165, 1.54) is 6.20 Å². The third-order valence-electron chi connectivity index (χ3n) is 3.78. The Morgan fingerprint density at radius 1 is 1.57 bits per heavy atom. The molecule has 0 aromatic carbocycles. The molecular weight excluding hydrogens is 307 g/mol. The minimum atomic E-state index is -3.48. The summed E-state index contributed by atoms with van der Waals surface area (Å²) in [6.07, 6.45) is 5.99. The van der Waals surface area contributed by atoms with E-state index in [0.29, 0.717) is 23.7 Å². The van der Waals surface area contributed by atoms with Crippen LogP contribution in [0.5, 0.6) is 0 Å². The van der Waals surface area contributed by atoms with E-state index >= 15 is 0 Å². The lowest BCUT2D eigenvalue weighted by molar-refractivity contribution is -0.0773. The van der Waals surface area contributed by atoms with E-state index in [9.17, 15) is 13.2 Å². The van der Waals surface area contributed by atoms with Crippen molar-refractivity contribution in [1.29, 1.82) is 0 Å². The SMILES string of the molecule is C=C(OCC)c1cnn2c1NC(/C=C/CC)CC2C(F)(F)CF. The Bertz CT molecular complexity index is 583. The summed E-state index contributed by atoms with van der Waals surface area (Å²) < 4.78 is 47.4. The molecule has 7 heteroatoms. The van der Waals surface area contributed by atoms with Crippen molar-refractivity contribution >= 4 is 11.6 Å². The number of allylic oxidation sites excluding steroid dienone is 1. The van der Waals surface area contributed by atoms with E-state index in [2.05, 4.69) is 17.0 Å². The summed E-state index contributed by atoms with van der Waals surface area (Å²) in [6, 6.07) is -1.67. The molecule has 2 unspecified atom stereocenters. The maximum atomic E-state index is 14.0. The van der Waals surface area contributed by atoms with Gasteiger partial charge >= 0.3 is 0 Å². The molecule has 128 valence electrons. The highest BCUT2D eigenvalue weighted by atomic mass is 19.3. The Hall–Kier alpha value is -1.92. The lowest BCUT2D eigenvalue weighted by Crippen LogP contribution is -2.41. The van der Waals surface area contributed by atoms with Crippen molar-refractivity contribution in [2.45, 2.75) is 44.7 Å². The first-order valence-corrected chi connectivity index (χ1v) is 7.71. The summed E-state index contributed by atoms with van der Waals surface area (Å²) in [6.45, 7) is 6.25. The van der Waals surface area contributed by atoms with Gasteiger partial charge in [0.05, 0.1) is 18.4 Å². The molecule has 0 radical (unpaired) electrons. The summed E-state index contributed by atoms with van der Waals surface area (Å²) >= 11 is 0. The predicted molar refractivity (Wildman–Crippen MR) is 84.3 cm³/mol. The van der Waals surface area contributed by atoms with Gasteiger partial charge in [-0.3, -0.25) is 0 Å². The quantitative estimate of drug-likeness (QED) is 0.602. The zero-order valence-electron chi connectivity index (χ0n) is 13.4. The average molecular weight is 329 g/mol. The number of nitrogens with zero attached hydrogens (tertiary/aromatic N) is 2. The van der Waals surface area contributed by atoms with Crippen LogP contribution in [-0.2, 0) is 4.74 Å². The smallest absolute Gasteiger partial charge is 0.297 e. The van der Waals surface area contributed by atoms with Crippen molar-refractivity contribution in [2.24, 2.45) is 0 Å². The minimum Gasteiger partial charge on any atom is -0.494 e. The minimum absolute atomic E-state index is 0.0582. The first-order valence-electron chi connectivity index (χ1n) is 7.71. The number of ether oxygens (including phenoxy) is 1. The second-order valence-electron chi connectivity index (χ2n) is 5.44. The van der Waals surface area contributed by atoms with Gasteiger partial charge in [0.25, 0.3) is 5.92 Å². The monoisotopic (exact) mass is 329 g/mol. The molecule has 2 rings (SSSR count). The van der Waals surface area contributed by atoms with Crippen molar-refractivity contribution in [3.05, 3.63) is 30.5 Å². The van der Waals surface area contributed by atoms with Crippen molar-refractivity contribution in [3.63, 3.8) is 0 Å². The zero-order valence-corrected chi connectivity index (χ0v) is 13.4. The number of hydrogen-bond donors (Lipinski definition) is 1. The van der Waals surface area contributed by atoms with Gasteiger partial charge in [-0.1, -0.05) is 25.7 Å². The molecule has 2 heterocycles. The Morgan fingerprint density at radius 3 is 2.91 bits per heavy atom. The highest BCUT2D eigenvalue weighted by Gasteiger charge is 2.46. The van der Waals surface area contributed by atoms with E-state index in [0.717, 1.165) is 11.1 Å². The number of rotatable bonds is 7. The molecule has 0 amide bonds. The predicted octanol–water partition coefficient (Wildman–Crippen LogP) is 4.19. The van der Waals surface area contributed by atoms with E-state index in [-0.39, 0.29) is 12.5 Å². The number of halogens is 3. The molecule has 0 spiro atoms. The standard InChI is InChI=1S/C16H22F3N3O/c1-4-6-7-12-8-14(16(18,19)10-17)22-15(21-12)13(9-20-22)11(3)23-5-2/h6-7,9,12,14,21H,3-5,8,10H2,1-2H3/b7-6+. The molecule has 0 saturated heterocycles. The maximum absolute atomic E-state index is 14.0. The maximum Gasteiger partial charge on any atom is 0.297 e. The molecule has 0 aliphatic carbocycles. The molecule has 1 aliphatic heterocycles. The normalized spacial score (nSPS) is 21.1. The molecule has 23 heavy (non-hydrogen) atoms. The molecule has 0 bridgehead atoms. The molecule has 0 saturated carbocycles. The van der Waals surface area contributed by atoms with Gasteiger partial charge in [-0.2, -0.15) is 5.10 Å². The van der Waals surface area contributed by atoms with Gasteiger partial charge in [-0.25, -0.2) is 17.9 Å². The van der Waals surface area contributed by atoms with Gasteiger partial charge in [-0.05, 0) is 19.8 Å². The van der Waals surface area contributed by atoms with E-state index in [1.807, 2.05) is 19.1 Å². The van der Waals surface area contributed by atoms with Crippen molar-refractivity contribution in [1.82, 2.24) is 9.78 Å². The van der Waals surface area contributed by atoms with E-state index in [4.69, 9.17) is 4.74 Å². The second-order valence-corrected chi connectivity index (χ2v) is 5.44. The lowest BCUT2D eigenvalue weighted by atomic mass is 9.98. The van der Waals surface area contributed by atoms with Gasteiger partial charge in [0.1, 0.15) is 17.6 Å². The number of fused-ring (bicyclic) bond motifs is 1. The molecule has 4 nitrogen and oxygen atoms in total. The number of alkyl halides is 3. The van der Waals surface area contributed by atoms with Crippen LogP contribution in [0.15, 0.2) is 24.9 Å². The average Bonchev–Trinajstić information content (AvgIpc) is 2.96. The first-order chi connectivity index (χ1) is 10.9. The first kappa shape index (κ1) is 17.4. The highest BCUT2D eigenvalue weighted by molar-refractivity contribution is 5.69. The molecule has 0 fully saturated rings. The van der Waals surface area contributed by atoms with Gasteiger partial charge in [-0.15, -0.1) is 0 Å². The van der Waals surface area contributed by atoms with Crippen molar-refractivity contribution in [3.8, 4) is 0 Å². The van der Waals surface area contributed by atoms with Crippen LogP contribution in [0.1, 0.15) is 38.3 Å². The molecule has 1 aromatic heterocycles. The zero-order chi connectivity index (χ0) is 17.0. The van der Waals surface area contributed by atoms with Gasteiger partial charge in [0.2, 0.25) is 0 Å². The van der Waals surface area contributed by atoms with Crippen molar-refractivity contribution < 1.29 is 17.9 Å². The number of aromatic nitrogens is 2. The summed E-state index contributed by atoms with van der Waals surface area (Å²) in [4.78, 5) is 0. The Morgan fingerprint density at radius 2 is 2.30 bits per heavy atom. The third kappa shape index (κ3) is 3.54. The Balaban J connectivity index is 2.42. The fourth-order valence-electron chi connectivity index (χ4n) is 2.64. The number of hydrogen-bond acceptors (Lipinski definition) is 3. The van der Waals surface area contributed by atoms with Crippen LogP contribution >= 0.6 is 0 Å². The van der Waals surface area contributed by atoms with Gasteiger partial charge in [0.15, 0.2) is 6.67 Å². The van der Waals surface area contributed by atoms with Crippen LogP contribution in [0.25, 0.3) is 5.76 Å². The number of nitrogens with one attached hydrogen (secondary N) is 1. The summed E-state index contributed by atoms with van der Waals surface area (Å²) in [7, 11) is 0. The van der Waals surface area contributed by atoms with E-state index < -0.39 is 18.6 Å². The van der Waals surface area contributed by atoms with Crippen LogP contribution in [0, 0.1) is 0 Å². The molecule has 1 aliphatic rings. The van der Waals surface area contributed by atoms with Crippen LogP contribution in [0.3, 0.4) is 0 Å². The van der Waals surface area contributed by atoms with Gasteiger partial charge in [0, 0.05) is 6.04 Å². The van der Waals surface area contributed by atoms with Crippen LogP contribution in [-0.4, -0.2) is 35.0 Å². The summed E-state index contributed by atoms with van der Waals surface area (Å²) in [5, 5.41) is 7.18. The fraction of sp³-hybridized carbons (Fsp3) is 0.562. The second kappa shape index (κ2) is 7.10. The Labute approximate surface area is 134 Å². The summed E-state index contributed by atoms with van der Waals surface area (Å²) in [5.41, 5.74) is 0.515. The molecule has 2 atom stereocenters. The van der Waals surface area contributed by atoms with Gasteiger partial charge < -0.3 is 10.1 Å². The number of anilines is 1. The molecular formula is C16H22F3N3O. The van der Waals surface area contributed by atoms with Crippen LogP contribution in [0.4, 0.5) is 19.0 Å².